The van der Waals surface area contributed by atoms with Crippen LogP contribution >= 0.6 is 0 Å². The molecule has 4 atom stereocenters. The quantitative estimate of drug-likeness (QED) is 0.0706. The van der Waals surface area contributed by atoms with Gasteiger partial charge in [0.15, 0.2) is 0 Å². The first-order valence-corrected chi connectivity index (χ1v) is 12.7. The lowest BCUT2D eigenvalue weighted by atomic mass is 10.0. The molecule has 0 rings (SSSR count). The fourth-order valence-corrected chi connectivity index (χ4v) is 2.35. The van der Waals surface area contributed by atoms with E-state index in [1.807, 2.05) is 0 Å². The number of aliphatic carboxylic acids is 4. The minimum absolute atomic E-state index is 0.0628. The molecule has 12 N–H and O–H groups in total. The third kappa shape index (κ3) is 40.1. The summed E-state index contributed by atoms with van der Waals surface area (Å²) in [5.41, 5.74) is 0. The maximum Gasteiger partial charge on any atom is 0.303 e. The number of unbranched alkanes of at least 4 members (excludes halogenated alkanes) is 5. The lowest BCUT2D eigenvalue weighted by Gasteiger charge is -2.24. The summed E-state index contributed by atoms with van der Waals surface area (Å²) in [6, 6.07) is 0. The summed E-state index contributed by atoms with van der Waals surface area (Å²) >= 11 is 0. The molecule has 0 heterocycles. The highest BCUT2D eigenvalue weighted by Gasteiger charge is 2.29. The Kier molecular flexibility index (Phi) is 36.5. The summed E-state index contributed by atoms with van der Waals surface area (Å²) in [5, 5.41) is 101. The van der Waals surface area contributed by atoms with E-state index in [1.165, 1.54) is 0 Å². The number of hydrogen-bond donors (Lipinski definition) is 12. The number of carboxylic acid groups (broad SMARTS) is 4. The first-order chi connectivity index (χ1) is 18.7. The number of aliphatic hydroxyl groups excluding tert-OH is 8. The maximum atomic E-state index is 9.90. The maximum absolute atomic E-state index is 9.90. The zero-order valence-corrected chi connectivity index (χ0v) is 22.6. The Bertz CT molecular complexity index is 532. The van der Waals surface area contributed by atoms with Gasteiger partial charge in [0, 0.05) is 38.9 Å². The predicted molar refractivity (Wildman–Crippen MR) is 138 cm³/mol. The topological polar surface area (TPSA) is 311 Å². The van der Waals surface area contributed by atoms with Gasteiger partial charge in [-0.15, -0.1) is 0 Å². The Labute approximate surface area is 232 Å². The van der Waals surface area contributed by atoms with Crippen LogP contribution in [0.25, 0.3) is 0 Å². The van der Waals surface area contributed by atoms with Crippen LogP contribution in [-0.2, 0) is 19.2 Å². The van der Waals surface area contributed by atoms with Crippen LogP contribution in [0.15, 0.2) is 0 Å². The molecule has 0 saturated carbocycles. The van der Waals surface area contributed by atoms with E-state index in [2.05, 4.69) is 0 Å². The molecule has 0 aliphatic rings. The lowest BCUT2D eigenvalue weighted by Crippen LogP contribution is -2.46. The highest BCUT2D eigenvalue weighted by atomic mass is 16.4. The largest absolute Gasteiger partial charge is 0.481 e. The van der Waals surface area contributed by atoms with E-state index in [4.69, 9.17) is 61.3 Å². The van der Waals surface area contributed by atoms with E-state index in [9.17, 15) is 19.2 Å². The molecular formula is C24H48O16. The third-order valence-electron chi connectivity index (χ3n) is 4.64. The van der Waals surface area contributed by atoms with Gasteiger partial charge >= 0.3 is 23.9 Å². The number of carbonyl (C=O) groups is 4. The van der Waals surface area contributed by atoms with Crippen molar-refractivity contribution in [3.63, 3.8) is 0 Å². The highest BCUT2D eigenvalue weighted by Crippen LogP contribution is 2.04. The summed E-state index contributed by atoms with van der Waals surface area (Å²) in [6.07, 6.45) is -0.529. The SMILES string of the molecule is O=C(O)CCCCC(=O)O.O=C(O)CCCCC(=O)O.OCC(O)C(O)C(O)C(O)CO.OCCCCCCO. The van der Waals surface area contributed by atoms with E-state index in [0.29, 0.717) is 25.7 Å². The molecule has 16 heteroatoms. The van der Waals surface area contributed by atoms with Gasteiger partial charge in [-0.25, -0.2) is 0 Å². The summed E-state index contributed by atoms with van der Waals surface area (Å²) in [5.74, 6) is -3.48. The molecule has 0 saturated heterocycles. The molecule has 16 nitrogen and oxygen atoms in total. The molecule has 240 valence electrons. The molecule has 0 radical (unpaired) electrons. The Morgan fingerprint density at radius 2 is 0.625 bits per heavy atom. The number of rotatable bonds is 20. The minimum Gasteiger partial charge on any atom is -0.481 e. The molecule has 0 aromatic rings. The smallest absolute Gasteiger partial charge is 0.303 e. The molecule has 0 amide bonds. The van der Waals surface area contributed by atoms with Crippen molar-refractivity contribution >= 4 is 23.9 Å². The van der Waals surface area contributed by atoms with Crippen LogP contribution in [0.1, 0.15) is 77.0 Å². The summed E-state index contributed by atoms with van der Waals surface area (Å²) in [6.45, 7) is -0.885. The van der Waals surface area contributed by atoms with Gasteiger partial charge in [0.1, 0.15) is 24.4 Å². The molecule has 0 aliphatic carbocycles. The van der Waals surface area contributed by atoms with Crippen LogP contribution in [0.5, 0.6) is 0 Å². The second-order valence-electron chi connectivity index (χ2n) is 8.33. The Morgan fingerprint density at radius 1 is 0.400 bits per heavy atom. The molecule has 0 fully saturated rings. The van der Waals surface area contributed by atoms with Crippen LogP contribution in [0.3, 0.4) is 0 Å². The van der Waals surface area contributed by atoms with Crippen molar-refractivity contribution in [2.75, 3.05) is 26.4 Å². The van der Waals surface area contributed by atoms with Gasteiger partial charge in [0.05, 0.1) is 13.2 Å². The first kappa shape index (κ1) is 44.6. The lowest BCUT2D eigenvalue weighted by molar-refractivity contribution is -0.139. The molecule has 0 aromatic carbocycles. The van der Waals surface area contributed by atoms with Crippen LogP contribution in [-0.4, -0.2) is 136 Å². The summed E-state index contributed by atoms with van der Waals surface area (Å²) < 4.78 is 0. The monoisotopic (exact) mass is 592 g/mol. The van der Waals surface area contributed by atoms with Gasteiger partial charge in [-0.3, -0.25) is 19.2 Å². The van der Waals surface area contributed by atoms with Crippen LogP contribution in [0, 0.1) is 0 Å². The Hall–Kier alpha value is -2.44. The molecule has 0 aliphatic heterocycles. The van der Waals surface area contributed by atoms with Gasteiger partial charge < -0.3 is 61.3 Å². The van der Waals surface area contributed by atoms with Gasteiger partial charge in [-0.05, 0) is 38.5 Å². The molecule has 0 aromatic heterocycles. The normalized spacial score (nSPS) is 13.0. The number of carboxylic acids is 4. The van der Waals surface area contributed by atoms with Crippen molar-refractivity contribution in [2.24, 2.45) is 0 Å². The average Bonchev–Trinajstić information content (AvgIpc) is 2.90. The molecular weight excluding hydrogens is 544 g/mol. The van der Waals surface area contributed by atoms with Gasteiger partial charge in [-0.2, -0.15) is 0 Å². The van der Waals surface area contributed by atoms with Crippen molar-refractivity contribution in [3.05, 3.63) is 0 Å². The number of hydrogen-bond acceptors (Lipinski definition) is 12. The highest BCUT2D eigenvalue weighted by molar-refractivity contribution is 5.68. The second kappa shape index (κ2) is 32.8. The Morgan fingerprint density at radius 3 is 0.775 bits per heavy atom. The predicted octanol–water partition coefficient (Wildman–Crippen LogP) is -1.62. The van der Waals surface area contributed by atoms with Gasteiger partial charge in [0.2, 0.25) is 0 Å². The zero-order valence-electron chi connectivity index (χ0n) is 22.6. The van der Waals surface area contributed by atoms with Crippen molar-refractivity contribution in [1.82, 2.24) is 0 Å². The molecule has 40 heavy (non-hydrogen) atoms. The summed E-state index contributed by atoms with van der Waals surface area (Å²) in [4.78, 5) is 39.6. The van der Waals surface area contributed by atoms with Crippen LogP contribution in [0.2, 0.25) is 0 Å². The Balaban J connectivity index is -0.000000218. The molecule has 4 unspecified atom stereocenters. The summed E-state index contributed by atoms with van der Waals surface area (Å²) in [7, 11) is 0. The van der Waals surface area contributed by atoms with Gasteiger partial charge in [-0.1, -0.05) is 12.8 Å². The minimum atomic E-state index is -1.67. The van der Waals surface area contributed by atoms with E-state index in [0.717, 1.165) is 25.7 Å². The second-order valence-corrected chi connectivity index (χ2v) is 8.33. The van der Waals surface area contributed by atoms with Crippen molar-refractivity contribution in [1.29, 1.82) is 0 Å². The zero-order chi connectivity index (χ0) is 31.9. The number of aliphatic hydroxyl groups is 8. The fourth-order valence-electron chi connectivity index (χ4n) is 2.35. The first-order valence-electron chi connectivity index (χ1n) is 12.7. The fraction of sp³-hybridized carbons (Fsp3) is 0.833. The van der Waals surface area contributed by atoms with Crippen molar-refractivity contribution in [3.8, 4) is 0 Å². The standard InChI is InChI=1S/C6H14O6.2C6H10O4.C6H14O2/c7-1-3(9)5(11)6(12)4(10)2-8;2*7-5(8)3-1-2-4-6(9)10;7-5-3-1-2-4-6-8/h3-12H,1-2H2;2*1-4H2,(H,7,8)(H,9,10);7-8H,1-6H2. The van der Waals surface area contributed by atoms with Crippen molar-refractivity contribution in [2.45, 2.75) is 101 Å². The van der Waals surface area contributed by atoms with Crippen LogP contribution < -0.4 is 0 Å². The van der Waals surface area contributed by atoms with Crippen LogP contribution in [0.4, 0.5) is 0 Å². The third-order valence-corrected chi connectivity index (χ3v) is 4.64. The molecule has 0 spiro atoms. The average molecular weight is 593 g/mol. The molecule has 0 bridgehead atoms. The van der Waals surface area contributed by atoms with Gasteiger partial charge in [0.25, 0.3) is 0 Å². The van der Waals surface area contributed by atoms with E-state index in [-0.39, 0.29) is 38.9 Å². The van der Waals surface area contributed by atoms with Crippen molar-refractivity contribution < 1.29 is 80.5 Å². The van der Waals surface area contributed by atoms with E-state index in [1.54, 1.807) is 0 Å². The van der Waals surface area contributed by atoms with E-state index < -0.39 is 61.5 Å². The van der Waals surface area contributed by atoms with E-state index >= 15 is 0 Å².